The number of nitrogens with zero attached hydrogens (tertiary/aromatic N) is 3. The van der Waals surface area contributed by atoms with Crippen LogP contribution in [0.5, 0.6) is 11.5 Å². The highest BCUT2D eigenvalue weighted by Crippen LogP contribution is 2.34. The van der Waals surface area contributed by atoms with Gasteiger partial charge in [0.2, 0.25) is 17.7 Å². The van der Waals surface area contributed by atoms with E-state index in [1.54, 1.807) is 0 Å². The lowest BCUT2D eigenvalue weighted by atomic mass is 9.98. The Kier molecular flexibility index (Phi) is 6.73. The van der Waals surface area contributed by atoms with Crippen molar-refractivity contribution in [3.63, 3.8) is 0 Å². The van der Waals surface area contributed by atoms with Crippen molar-refractivity contribution in [3.05, 3.63) is 59.0 Å². The molecule has 2 heterocycles. The van der Waals surface area contributed by atoms with Crippen LogP contribution in [0.2, 0.25) is 0 Å². The second kappa shape index (κ2) is 9.85. The van der Waals surface area contributed by atoms with Crippen LogP contribution in [-0.2, 0) is 24.2 Å². The van der Waals surface area contributed by atoms with Gasteiger partial charge in [-0.05, 0) is 62.6 Å². The van der Waals surface area contributed by atoms with Gasteiger partial charge in [0, 0.05) is 31.5 Å². The maximum absolute atomic E-state index is 12.9. The van der Waals surface area contributed by atoms with Gasteiger partial charge in [-0.2, -0.15) is 0 Å². The molecule has 0 bridgehead atoms. The highest BCUT2D eigenvalue weighted by atomic mass is 16.5. The van der Waals surface area contributed by atoms with Crippen LogP contribution in [0.4, 0.5) is 0 Å². The van der Waals surface area contributed by atoms with E-state index in [2.05, 4.69) is 16.3 Å². The van der Waals surface area contributed by atoms with Crippen molar-refractivity contribution in [2.45, 2.75) is 46.6 Å². The first-order chi connectivity index (χ1) is 15.6. The fraction of sp³-hybridized carbons (Fsp3) is 0.400. The molecule has 32 heavy (non-hydrogen) atoms. The zero-order valence-corrected chi connectivity index (χ0v) is 18.9. The number of benzene rings is 2. The molecule has 0 N–H and O–H groups in total. The van der Waals surface area contributed by atoms with Crippen molar-refractivity contribution in [1.29, 1.82) is 0 Å². The summed E-state index contributed by atoms with van der Waals surface area (Å²) in [6.45, 7) is 8.35. The van der Waals surface area contributed by atoms with Gasteiger partial charge < -0.3 is 18.8 Å². The molecular formula is C25H29N3O4. The molecule has 0 unspecified atom stereocenters. The number of amides is 1. The Morgan fingerprint density at radius 1 is 1.03 bits per heavy atom. The molecule has 0 saturated carbocycles. The quantitative estimate of drug-likeness (QED) is 0.523. The van der Waals surface area contributed by atoms with E-state index in [9.17, 15) is 4.79 Å². The van der Waals surface area contributed by atoms with Crippen molar-refractivity contribution >= 4 is 5.91 Å². The number of carbonyl (C=O) groups excluding carboxylic acids is 1. The average molecular weight is 436 g/mol. The summed E-state index contributed by atoms with van der Waals surface area (Å²) < 4.78 is 17.2. The minimum Gasteiger partial charge on any atom is -0.490 e. The predicted octanol–water partition coefficient (Wildman–Crippen LogP) is 4.36. The SMILES string of the molecule is CCOc1cc2c(cc1OCC)CN(C(=O)CCc1nnc(-c3ccc(C)cc3)o1)CC2. The number of carbonyl (C=O) groups is 1. The Balaban J connectivity index is 1.38. The summed E-state index contributed by atoms with van der Waals surface area (Å²) in [7, 11) is 0. The Bertz CT molecular complexity index is 1080. The number of hydrogen-bond acceptors (Lipinski definition) is 6. The topological polar surface area (TPSA) is 77.7 Å². The Labute approximate surface area is 188 Å². The standard InChI is InChI=1S/C25H29N3O4/c1-4-30-21-14-19-12-13-28(16-20(19)15-22(21)31-5-2)24(29)11-10-23-26-27-25(32-23)18-8-6-17(3)7-9-18/h6-9,14-15H,4-5,10-13,16H2,1-3H3. The molecule has 0 aliphatic carbocycles. The smallest absolute Gasteiger partial charge is 0.247 e. The number of rotatable bonds is 8. The number of aryl methyl sites for hydroxylation is 2. The zero-order valence-electron chi connectivity index (χ0n) is 18.9. The molecule has 1 aliphatic rings. The minimum atomic E-state index is 0.0811. The van der Waals surface area contributed by atoms with Crippen LogP contribution in [0.15, 0.2) is 40.8 Å². The first-order valence-corrected chi connectivity index (χ1v) is 11.2. The van der Waals surface area contributed by atoms with Crippen LogP contribution < -0.4 is 9.47 Å². The number of hydrogen-bond donors (Lipinski definition) is 0. The second-order valence-corrected chi connectivity index (χ2v) is 7.87. The third kappa shape index (κ3) is 4.93. The molecule has 0 saturated heterocycles. The summed E-state index contributed by atoms with van der Waals surface area (Å²) in [4.78, 5) is 14.7. The van der Waals surface area contributed by atoms with Gasteiger partial charge in [0.05, 0.1) is 13.2 Å². The van der Waals surface area contributed by atoms with E-state index in [0.29, 0.717) is 50.9 Å². The molecule has 7 heteroatoms. The molecule has 1 amide bonds. The van der Waals surface area contributed by atoms with Gasteiger partial charge in [-0.1, -0.05) is 17.7 Å². The number of ether oxygens (including phenoxy) is 2. The summed E-state index contributed by atoms with van der Waals surface area (Å²) in [6, 6.07) is 12.0. The van der Waals surface area contributed by atoms with Gasteiger partial charge in [0.15, 0.2) is 11.5 Å². The van der Waals surface area contributed by atoms with E-state index < -0.39 is 0 Å². The van der Waals surface area contributed by atoms with Crippen LogP contribution in [-0.4, -0.2) is 40.8 Å². The molecule has 0 atom stereocenters. The molecule has 0 fully saturated rings. The third-order valence-corrected chi connectivity index (χ3v) is 5.55. The lowest BCUT2D eigenvalue weighted by Gasteiger charge is -2.30. The van der Waals surface area contributed by atoms with E-state index in [1.165, 1.54) is 11.1 Å². The van der Waals surface area contributed by atoms with Gasteiger partial charge >= 0.3 is 0 Å². The van der Waals surface area contributed by atoms with E-state index in [1.807, 2.05) is 56.0 Å². The first-order valence-electron chi connectivity index (χ1n) is 11.2. The van der Waals surface area contributed by atoms with E-state index in [-0.39, 0.29) is 5.91 Å². The maximum Gasteiger partial charge on any atom is 0.247 e. The van der Waals surface area contributed by atoms with Gasteiger partial charge in [-0.15, -0.1) is 10.2 Å². The van der Waals surface area contributed by atoms with Crippen molar-refractivity contribution in [2.24, 2.45) is 0 Å². The summed E-state index contributed by atoms with van der Waals surface area (Å²) in [5.41, 5.74) is 4.37. The molecule has 0 spiro atoms. The van der Waals surface area contributed by atoms with Crippen LogP contribution in [0.25, 0.3) is 11.5 Å². The second-order valence-electron chi connectivity index (χ2n) is 7.87. The monoisotopic (exact) mass is 435 g/mol. The minimum absolute atomic E-state index is 0.0811. The molecule has 168 valence electrons. The molecule has 0 radical (unpaired) electrons. The summed E-state index contributed by atoms with van der Waals surface area (Å²) in [5, 5.41) is 8.23. The van der Waals surface area contributed by atoms with Crippen molar-refractivity contribution < 1.29 is 18.7 Å². The largest absolute Gasteiger partial charge is 0.490 e. The molecule has 2 aromatic carbocycles. The summed E-state index contributed by atoms with van der Waals surface area (Å²) in [5.74, 6) is 2.54. The van der Waals surface area contributed by atoms with Crippen LogP contribution >= 0.6 is 0 Å². The van der Waals surface area contributed by atoms with Crippen LogP contribution in [0, 0.1) is 6.92 Å². The third-order valence-electron chi connectivity index (χ3n) is 5.55. The fourth-order valence-electron chi connectivity index (χ4n) is 3.85. The van der Waals surface area contributed by atoms with Gasteiger partial charge in [0.25, 0.3) is 0 Å². The molecule has 3 aromatic rings. The van der Waals surface area contributed by atoms with Crippen molar-refractivity contribution in [1.82, 2.24) is 15.1 Å². The molecule has 4 rings (SSSR count). The van der Waals surface area contributed by atoms with Crippen molar-refractivity contribution in [2.75, 3.05) is 19.8 Å². The van der Waals surface area contributed by atoms with Crippen LogP contribution in [0.1, 0.15) is 42.8 Å². The van der Waals surface area contributed by atoms with Crippen LogP contribution in [0.3, 0.4) is 0 Å². The highest BCUT2D eigenvalue weighted by Gasteiger charge is 2.23. The molecule has 1 aromatic heterocycles. The predicted molar refractivity (Wildman–Crippen MR) is 121 cm³/mol. The van der Waals surface area contributed by atoms with Gasteiger partial charge in [-0.25, -0.2) is 0 Å². The maximum atomic E-state index is 12.9. The Morgan fingerprint density at radius 2 is 1.72 bits per heavy atom. The molecular weight excluding hydrogens is 406 g/mol. The van der Waals surface area contributed by atoms with E-state index in [4.69, 9.17) is 13.9 Å². The van der Waals surface area contributed by atoms with Crippen molar-refractivity contribution in [3.8, 4) is 23.0 Å². The Morgan fingerprint density at radius 3 is 2.41 bits per heavy atom. The number of aromatic nitrogens is 2. The van der Waals surface area contributed by atoms with E-state index in [0.717, 1.165) is 29.0 Å². The molecule has 7 nitrogen and oxygen atoms in total. The first kappa shape index (κ1) is 21.9. The van der Waals surface area contributed by atoms with E-state index >= 15 is 0 Å². The van der Waals surface area contributed by atoms with Gasteiger partial charge in [-0.3, -0.25) is 4.79 Å². The lowest BCUT2D eigenvalue weighted by Crippen LogP contribution is -2.36. The Hall–Kier alpha value is -3.35. The average Bonchev–Trinajstić information content (AvgIpc) is 3.27. The normalized spacial score (nSPS) is 13.0. The van der Waals surface area contributed by atoms with Gasteiger partial charge in [0.1, 0.15) is 0 Å². The molecule has 1 aliphatic heterocycles. The highest BCUT2D eigenvalue weighted by molar-refractivity contribution is 5.76. The summed E-state index contributed by atoms with van der Waals surface area (Å²) in [6.07, 6.45) is 1.56. The lowest BCUT2D eigenvalue weighted by molar-refractivity contribution is -0.132. The summed E-state index contributed by atoms with van der Waals surface area (Å²) >= 11 is 0. The number of fused-ring (bicyclic) bond motifs is 1. The zero-order chi connectivity index (χ0) is 22.5. The fourth-order valence-corrected chi connectivity index (χ4v) is 3.85.